The molecule has 2 aromatic rings. The highest BCUT2D eigenvalue weighted by Gasteiger charge is 2.30. The minimum Gasteiger partial charge on any atom is -0.395 e. The van der Waals surface area contributed by atoms with Crippen molar-refractivity contribution in [3.8, 4) is 0 Å². The van der Waals surface area contributed by atoms with Crippen LogP contribution in [0.4, 0.5) is 5.69 Å². The summed E-state index contributed by atoms with van der Waals surface area (Å²) < 4.78 is 0. The van der Waals surface area contributed by atoms with E-state index in [2.05, 4.69) is 20.5 Å². The van der Waals surface area contributed by atoms with Gasteiger partial charge < -0.3 is 11.1 Å². The molecule has 6 heteroatoms. The van der Waals surface area contributed by atoms with Crippen LogP contribution in [0.15, 0.2) is 18.5 Å². The molecule has 104 valence electrons. The van der Waals surface area contributed by atoms with Crippen molar-refractivity contribution in [2.24, 2.45) is 0 Å². The number of hydrogen-bond donors (Lipinski definition) is 3. The topological polar surface area (TPSA) is 96.7 Å². The predicted molar refractivity (Wildman–Crippen MR) is 75.1 cm³/mol. The Bertz CT molecular complexity index is 645. The maximum atomic E-state index is 12.1. The summed E-state index contributed by atoms with van der Waals surface area (Å²) in [6.07, 6.45) is 5.71. The van der Waals surface area contributed by atoms with Gasteiger partial charge in [-0.2, -0.15) is 5.10 Å². The van der Waals surface area contributed by atoms with E-state index in [1.807, 2.05) is 13.0 Å². The molecule has 0 radical (unpaired) electrons. The van der Waals surface area contributed by atoms with Crippen LogP contribution in [0, 0.1) is 6.92 Å². The molecule has 0 aromatic carbocycles. The van der Waals surface area contributed by atoms with Crippen molar-refractivity contribution < 1.29 is 4.79 Å². The molecule has 0 aliphatic heterocycles. The maximum absolute atomic E-state index is 12.1. The largest absolute Gasteiger partial charge is 0.395 e. The summed E-state index contributed by atoms with van der Waals surface area (Å²) in [4.78, 5) is 16.1. The zero-order valence-electron chi connectivity index (χ0n) is 11.3. The van der Waals surface area contributed by atoms with Crippen LogP contribution >= 0.6 is 0 Å². The number of nitrogens with two attached hydrogens (primary N) is 1. The van der Waals surface area contributed by atoms with Crippen molar-refractivity contribution in [1.82, 2.24) is 20.5 Å². The third-order valence-electron chi connectivity index (χ3n) is 3.61. The van der Waals surface area contributed by atoms with Gasteiger partial charge in [0.05, 0.1) is 11.4 Å². The van der Waals surface area contributed by atoms with Gasteiger partial charge in [0.25, 0.3) is 5.91 Å². The fourth-order valence-electron chi connectivity index (χ4n) is 2.18. The number of pyridine rings is 1. The van der Waals surface area contributed by atoms with Crippen LogP contribution < -0.4 is 11.1 Å². The molecule has 0 atom stereocenters. The fourth-order valence-corrected chi connectivity index (χ4v) is 2.18. The van der Waals surface area contributed by atoms with Gasteiger partial charge in [-0.1, -0.05) is 0 Å². The number of carbonyl (C=O) groups is 1. The third kappa shape index (κ3) is 2.36. The van der Waals surface area contributed by atoms with E-state index in [9.17, 15) is 4.79 Å². The van der Waals surface area contributed by atoms with Gasteiger partial charge in [-0.05, 0) is 37.0 Å². The van der Waals surface area contributed by atoms with Gasteiger partial charge in [-0.25, -0.2) is 0 Å². The Labute approximate surface area is 116 Å². The first-order valence-corrected chi connectivity index (χ1v) is 6.68. The number of rotatable bonds is 4. The molecular formula is C14H17N5O. The first-order chi connectivity index (χ1) is 9.66. The van der Waals surface area contributed by atoms with Crippen molar-refractivity contribution in [1.29, 1.82) is 0 Å². The summed E-state index contributed by atoms with van der Waals surface area (Å²) in [5.41, 5.74) is 9.73. The summed E-state index contributed by atoms with van der Waals surface area (Å²) in [6.45, 7) is 2.40. The van der Waals surface area contributed by atoms with E-state index >= 15 is 0 Å². The molecule has 1 amide bonds. The molecule has 0 spiro atoms. The molecule has 0 unspecified atom stereocenters. The number of carbonyl (C=O) groups excluding carboxylic acids is 1. The SMILES string of the molecule is Cc1cnccc1CNC(=O)c1n[nH]c(C2CC2)c1N. The summed E-state index contributed by atoms with van der Waals surface area (Å²) >= 11 is 0. The highest BCUT2D eigenvalue weighted by molar-refractivity contribution is 5.97. The Kier molecular flexibility index (Phi) is 3.14. The van der Waals surface area contributed by atoms with Gasteiger partial charge in [0.2, 0.25) is 0 Å². The standard InChI is InChI=1S/C14H17N5O/c1-8-6-16-5-4-10(8)7-17-14(20)13-11(15)12(18-19-13)9-2-3-9/h4-6,9H,2-3,7,15H2,1H3,(H,17,20)(H,18,19). The monoisotopic (exact) mass is 271 g/mol. The highest BCUT2D eigenvalue weighted by Crippen LogP contribution is 2.42. The Hall–Kier alpha value is -2.37. The zero-order chi connectivity index (χ0) is 14.1. The number of aromatic amines is 1. The van der Waals surface area contributed by atoms with Gasteiger partial charge >= 0.3 is 0 Å². The summed E-state index contributed by atoms with van der Waals surface area (Å²) in [7, 11) is 0. The lowest BCUT2D eigenvalue weighted by Crippen LogP contribution is -2.24. The molecule has 6 nitrogen and oxygen atoms in total. The molecule has 0 saturated heterocycles. The minimum absolute atomic E-state index is 0.248. The lowest BCUT2D eigenvalue weighted by molar-refractivity contribution is 0.0946. The van der Waals surface area contributed by atoms with E-state index in [1.165, 1.54) is 0 Å². The Morgan fingerprint density at radius 3 is 3.05 bits per heavy atom. The van der Waals surface area contributed by atoms with Crippen molar-refractivity contribution in [2.75, 3.05) is 5.73 Å². The normalized spacial score (nSPS) is 14.2. The van der Waals surface area contributed by atoms with E-state index in [1.54, 1.807) is 12.4 Å². The average Bonchev–Trinajstić information content (AvgIpc) is 3.21. The quantitative estimate of drug-likeness (QED) is 0.785. The first-order valence-electron chi connectivity index (χ1n) is 6.68. The number of nitrogen functional groups attached to an aromatic ring is 1. The third-order valence-corrected chi connectivity index (χ3v) is 3.61. The van der Waals surface area contributed by atoms with Crippen LogP contribution in [-0.4, -0.2) is 21.1 Å². The smallest absolute Gasteiger partial charge is 0.274 e. The Balaban J connectivity index is 1.69. The van der Waals surface area contributed by atoms with Crippen molar-refractivity contribution in [3.05, 3.63) is 41.0 Å². The van der Waals surface area contributed by atoms with Gasteiger partial charge in [0.15, 0.2) is 5.69 Å². The van der Waals surface area contributed by atoms with Gasteiger partial charge in [-0.3, -0.25) is 14.9 Å². The number of nitrogens with zero attached hydrogens (tertiary/aromatic N) is 2. The Morgan fingerprint density at radius 2 is 2.35 bits per heavy atom. The summed E-state index contributed by atoms with van der Waals surface area (Å²) in [6, 6.07) is 1.89. The minimum atomic E-state index is -0.248. The molecule has 20 heavy (non-hydrogen) atoms. The van der Waals surface area contributed by atoms with E-state index in [0.717, 1.165) is 29.7 Å². The fraction of sp³-hybridized carbons (Fsp3) is 0.357. The summed E-state index contributed by atoms with van der Waals surface area (Å²) in [5.74, 6) is 0.202. The van der Waals surface area contributed by atoms with E-state index in [-0.39, 0.29) is 5.91 Å². The number of aromatic nitrogens is 3. The first kappa shape index (κ1) is 12.7. The van der Waals surface area contributed by atoms with Crippen LogP contribution in [0.1, 0.15) is 46.1 Å². The van der Waals surface area contributed by atoms with Crippen LogP contribution in [0.5, 0.6) is 0 Å². The van der Waals surface area contributed by atoms with Crippen LogP contribution in [0.25, 0.3) is 0 Å². The molecule has 1 fully saturated rings. The number of anilines is 1. The molecule has 2 heterocycles. The average molecular weight is 271 g/mol. The number of aryl methyl sites for hydroxylation is 1. The maximum Gasteiger partial charge on any atom is 0.274 e. The van der Waals surface area contributed by atoms with Crippen LogP contribution in [0.2, 0.25) is 0 Å². The van der Waals surface area contributed by atoms with Crippen LogP contribution in [0.3, 0.4) is 0 Å². The van der Waals surface area contributed by atoms with E-state index < -0.39 is 0 Å². The number of nitrogens with one attached hydrogen (secondary N) is 2. The van der Waals surface area contributed by atoms with Gasteiger partial charge in [0, 0.05) is 24.9 Å². The van der Waals surface area contributed by atoms with Crippen molar-refractivity contribution >= 4 is 11.6 Å². The summed E-state index contributed by atoms with van der Waals surface area (Å²) in [5, 5.41) is 9.76. The number of H-pyrrole nitrogens is 1. The second-order valence-corrected chi connectivity index (χ2v) is 5.16. The predicted octanol–water partition coefficient (Wildman–Crippen LogP) is 1.50. The molecule has 2 aromatic heterocycles. The number of hydrogen-bond acceptors (Lipinski definition) is 4. The lowest BCUT2D eigenvalue weighted by Gasteiger charge is -2.06. The highest BCUT2D eigenvalue weighted by atomic mass is 16.1. The van der Waals surface area contributed by atoms with Crippen molar-refractivity contribution in [3.63, 3.8) is 0 Å². The second-order valence-electron chi connectivity index (χ2n) is 5.16. The van der Waals surface area contributed by atoms with E-state index in [4.69, 9.17) is 5.73 Å². The molecule has 1 saturated carbocycles. The number of amides is 1. The van der Waals surface area contributed by atoms with Crippen molar-refractivity contribution in [2.45, 2.75) is 32.2 Å². The molecule has 1 aliphatic carbocycles. The molecule has 0 bridgehead atoms. The lowest BCUT2D eigenvalue weighted by atomic mass is 10.1. The molecule has 4 N–H and O–H groups in total. The molecule has 3 rings (SSSR count). The molecule has 1 aliphatic rings. The molecular weight excluding hydrogens is 254 g/mol. The second kappa shape index (κ2) is 4.96. The van der Waals surface area contributed by atoms with Gasteiger partial charge in [0.1, 0.15) is 0 Å². The van der Waals surface area contributed by atoms with Crippen LogP contribution in [-0.2, 0) is 6.54 Å². The van der Waals surface area contributed by atoms with Gasteiger partial charge in [-0.15, -0.1) is 0 Å². The Morgan fingerprint density at radius 1 is 1.55 bits per heavy atom. The zero-order valence-corrected chi connectivity index (χ0v) is 11.3. The van der Waals surface area contributed by atoms with E-state index in [0.29, 0.717) is 23.8 Å².